The molecular formula is C42H27N3OS. The Hall–Kier alpha value is -6.04. The molecule has 2 aromatic heterocycles. The molecule has 0 aliphatic heterocycles. The zero-order valence-corrected chi connectivity index (χ0v) is 26.1. The van der Waals surface area contributed by atoms with E-state index in [1.165, 1.54) is 28.0 Å². The molecule has 4 nitrogen and oxygen atoms in total. The molecule has 0 unspecified atom stereocenters. The Morgan fingerprint density at radius 1 is 0.447 bits per heavy atom. The predicted molar refractivity (Wildman–Crippen MR) is 196 cm³/mol. The summed E-state index contributed by atoms with van der Waals surface area (Å²) >= 11 is 1.43. The summed E-state index contributed by atoms with van der Waals surface area (Å²) < 4.78 is 11.1. The fraction of sp³-hybridized carbons (Fsp3) is 0. The summed E-state index contributed by atoms with van der Waals surface area (Å²) in [6, 6.07) is 56.9. The lowest BCUT2D eigenvalue weighted by Crippen LogP contribution is -2.09. The van der Waals surface area contributed by atoms with Crippen LogP contribution >= 0.6 is 11.5 Å². The van der Waals surface area contributed by atoms with Gasteiger partial charge in [0.25, 0.3) is 0 Å². The van der Waals surface area contributed by atoms with Crippen molar-refractivity contribution in [3.8, 4) is 33.1 Å². The molecule has 0 N–H and O–H groups in total. The van der Waals surface area contributed by atoms with Crippen molar-refractivity contribution in [2.24, 2.45) is 0 Å². The van der Waals surface area contributed by atoms with Crippen molar-refractivity contribution in [2.45, 2.75) is 0 Å². The molecule has 0 amide bonds. The third-order valence-electron chi connectivity index (χ3n) is 8.66. The average Bonchev–Trinajstić information content (AvgIpc) is 3.78. The van der Waals surface area contributed by atoms with Gasteiger partial charge in [0.15, 0.2) is 5.82 Å². The predicted octanol–water partition coefficient (Wildman–Crippen LogP) is 12.1. The first-order valence-electron chi connectivity index (χ1n) is 15.6. The van der Waals surface area contributed by atoms with Crippen LogP contribution in [0.15, 0.2) is 168 Å². The first-order chi connectivity index (χ1) is 23.3. The number of hydrogen-bond acceptors (Lipinski definition) is 5. The van der Waals surface area contributed by atoms with Gasteiger partial charge in [-0.05, 0) is 75.9 Å². The molecule has 2 heterocycles. The van der Waals surface area contributed by atoms with Crippen LogP contribution in [0.4, 0.5) is 17.1 Å². The number of anilines is 3. The van der Waals surface area contributed by atoms with Crippen LogP contribution < -0.4 is 4.90 Å². The fourth-order valence-corrected chi connectivity index (χ4v) is 7.15. The van der Waals surface area contributed by atoms with Crippen molar-refractivity contribution >= 4 is 61.3 Å². The van der Waals surface area contributed by atoms with Gasteiger partial charge in [-0.1, -0.05) is 115 Å². The van der Waals surface area contributed by atoms with Gasteiger partial charge >= 0.3 is 0 Å². The third kappa shape index (κ3) is 4.85. The van der Waals surface area contributed by atoms with Gasteiger partial charge in [0, 0.05) is 45.0 Å². The van der Waals surface area contributed by atoms with Crippen molar-refractivity contribution in [2.75, 3.05) is 4.90 Å². The van der Waals surface area contributed by atoms with Gasteiger partial charge in [0.05, 0.1) is 0 Å². The van der Waals surface area contributed by atoms with Gasteiger partial charge < -0.3 is 9.32 Å². The van der Waals surface area contributed by atoms with Crippen molar-refractivity contribution in [1.82, 2.24) is 9.36 Å². The Kier molecular flexibility index (Phi) is 6.61. The van der Waals surface area contributed by atoms with E-state index in [-0.39, 0.29) is 0 Å². The second-order valence-corrected chi connectivity index (χ2v) is 12.2. The van der Waals surface area contributed by atoms with Crippen LogP contribution in [0, 0.1) is 0 Å². The van der Waals surface area contributed by atoms with Gasteiger partial charge in [-0.3, -0.25) is 0 Å². The van der Waals surface area contributed by atoms with Crippen molar-refractivity contribution in [1.29, 1.82) is 0 Å². The molecule has 0 spiro atoms. The molecule has 0 radical (unpaired) electrons. The molecule has 9 aromatic rings. The number of furan rings is 1. The number of benzene rings is 7. The maximum absolute atomic E-state index is 6.27. The monoisotopic (exact) mass is 621 g/mol. The lowest BCUT2D eigenvalue weighted by atomic mass is 9.95. The van der Waals surface area contributed by atoms with Crippen molar-refractivity contribution in [3.63, 3.8) is 0 Å². The second-order valence-electron chi connectivity index (χ2n) is 11.5. The van der Waals surface area contributed by atoms with Crippen LogP contribution in [-0.2, 0) is 0 Å². The molecule has 0 saturated heterocycles. The minimum atomic E-state index is 0.737. The minimum absolute atomic E-state index is 0.737. The van der Waals surface area contributed by atoms with E-state index in [1.807, 2.05) is 30.3 Å². The SMILES string of the molecule is c1ccc(-c2cccc3c(-c4nsc(-c5cccc(N(c6ccccc6)c6ccc7c(c6)oc6ccccc67)c5)n4)cccc23)cc1. The van der Waals surface area contributed by atoms with Crippen LogP contribution in [0.25, 0.3) is 65.8 Å². The molecule has 222 valence electrons. The van der Waals surface area contributed by atoms with Gasteiger partial charge in [-0.25, -0.2) is 4.98 Å². The second kappa shape index (κ2) is 11.4. The number of para-hydroxylation sites is 2. The Morgan fingerprint density at radius 2 is 1.06 bits per heavy atom. The van der Waals surface area contributed by atoms with E-state index in [0.717, 1.165) is 66.3 Å². The Labute approximate surface area is 276 Å². The van der Waals surface area contributed by atoms with Crippen molar-refractivity contribution < 1.29 is 4.42 Å². The number of hydrogen-bond donors (Lipinski definition) is 0. The molecule has 0 aliphatic carbocycles. The van der Waals surface area contributed by atoms with E-state index in [0.29, 0.717) is 0 Å². The smallest absolute Gasteiger partial charge is 0.174 e. The third-order valence-corrected chi connectivity index (χ3v) is 9.42. The zero-order valence-electron chi connectivity index (χ0n) is 25.2. The standard InChI is InChI=1S/C42H27N3OS/c1-3-12-28(13-4-1)33-19-10-21-35-34(33)20-11-22-38(35)41-43-42(47-44-41)29-14-9-17-31(26-29)45(30-15-5-2-6-16-30)32-24-25-37-36-18-7-8-23-39(36)46-40(37)27-32/h1-27H. The topological polar surface area (TPSA) is 42.2 Å². The van der Waals surface area contributed by atoms with Gasteiger partial charge in [0.2, 0.25) is 0 Å². The zero-order chi connectivity index (χ0) is 31.2. The van der Waals surface area contributed by atoms with E-state index in [4.69, 9.17) is 13.8 Å². The highest BCUT2D eigenvalue weighted by atomic mass is 32.1. The van der Waals surface area contributed by atoms with Crippen LogP contribution in [0.1, 0.15) is 0 Å². The molecule has 0 aliphatic rings. The normalized spacial score (nSPS) is 11.4. The Balaban J connectivity index is 1.12. The van der Waals surface area contributed by atoms with Crippen molar-refractivity contribution in [3.05, 3.63) is 164 Å². The van der Waals surface area contributed by atoms with Crippen LogP contribution in [0.5, 0.6) is 0 Å². The number of nitrogens with zero attached hydrogens (tertiary/aromatic N) is 3. The van der Waals surface area contributed by atoms with Gasteiger partial charge in [0.1, 0.15) is 16.2 Å². The molecule has 5 heteroatoms. The van der Waals surface area contributed by atoms with Crippen LogP contribution in [0.3, 0.4) is 0 Å². The van der Waals surface area contributed by atoms with Gasteiger partial charge in [-0.15, -0.1) is 0 Å². The Bertz CT molecular complexity index is 2540. The Morgan fingerprint density at radius 3 is 1.91 bits per heavy atom. The maximum Gasteiger partial charge on any atom is 0.174 e. The fourth-order valence-electron chi connectivity index (χ4n) is 6.48. The highest BCUT2D eigenvalue weighted by Crippen LogP contribution is 2.40. The molecule has 47 heavy (non-hydrogen) atoms. The maximum atomic E-state index is 6.27. The first-order valence-corrected chi connectivity index (χ1v) is 16.4. The van der Waals surface area contributed by atoms with E-state index in [9.17, 15) is 0 Å². The molecule has 0 fully saturated rings. The van der Waals surface area contributed by atoms with Crippen LogP contribution in [-0.4, -0.2) is 9.36 Å². The molecule has 0 saturated carbocycles. The van der Waals surface area contributed by atoms with E-state index >= 15 is 0 Å². The first kappa shape index (κ1) is 27.3. The molecule has 9 rings (SSSR count). The average molecular weight is 622 g/mol. The quantitative estimate of drug-likeness (QED) is 0.185. The summed E-state index contributed by atoms with van der Waals surface area (Å²) in [5.41, 5.74) is 9.30. The lowest BCUT2D eigenvalue weighted by molar-refractivity contribution is 0.669. The molecule has 0 atom stereocenters. The van der Waals surface area contributed by atoms with E-state index < -0.39 is 0 Å². The summed E-state index contributed by atoms with van der Waals surface area (Å²) in [4.78, 5) is 7.35. The number of rotatable bonds is 6. The van der Waals surface area contributed by atoms with E-state index in [1.54, 1.807) is 0 Å². The highest BCUT2D eigenvalue weighted by molar-refractivity contribution is 7.09. The largest absolute Gasteiger partial charge is 0.456 e. The lowest BCUT2D eigenvalue weighted by Gasteiger charge is -2.25. The molecule has 0 bridgehead atoms. The number of aromatic nitrogens is 2. The summed E-state index contributed by atoms with van der Waals surface area (Å²) in [7, 11) is 0. The molecule has 7 aromatic carbocycles. The summed E-state index contributed by atoms with van der Waals surface area (Å²) in [5.74, 6) is 0.737. The van der Waals surface area contributed by atoms with Gasteiger partial charge in [-0.2, -0.15) is 4.37 Å². The minimum Gasteiger partial charge on any atom is -0.456 e. The summed E-state index contributed by atoms with van der Waals surface area (Å²) in [6.07, 6.45) is 0. The van der Waals surface area contributed by atoms with E-state index in [2.05, 4.69) is 138 Å². The molecular weight excluding hydrogens is 595 g/mol. The summed E-state index contributed by atoms with van der Waals surface area (Å²) in [6.45, 7) is 0. The highest BCUT2D eigenvalue weighted by Gasteiger charge is 2.18. The van der Waals surface area contributed by atoms with Crippen LogP contribution in [0.2, 0.25) is 0 Å². The summed E-state index contributed by atoms with van der Waals surface area (Å²) in [5, 5.41) is 5.44. The number of fused-ring (bicyclic) bond motifs is 4.